The second-order valence-corrected chi connectivity index (χ2v) is 10.9. The fourth-order valence-corrected chi connectivity index (χ4v) is 5.29. The summed E-state index contributed by atoms with van der Waals surface area (Å²) in [5.41, 5.74) is 5.42. The highest BCUT2D eigenvalue weighted by Gasteiger charge is 2.18. The third-order valence-corrected chi connectivity index (χ3v) is 7.81. The van der Waals surface area contributed by atoms with E-state index in [4.69, 9.17) is 0 Å². The third-order valence-electron chi connectivity index (χ3n) is 7.81. The van der Waals surface area contributed by atoms with Gasteiger partial charge in [0.1, 0.15) is 35.4 Å². The molecule has 0 radical (unpaired) electrons. The number of unbranched alkanes of at least 4 members (excludes halogenated alkanes) is 4. The molecule has 3 aromatic carbocycles. The van der Waals surface area contributed by atoms with Crippen LogP contribution in [0, 0.1) is 45.3 Å². The first-order chi connectivity index (χ1) is 21.5. The Kier molecular flexibility index (Phi) is 13.5. The van der Waals surface area contributed by atoms with Crippen LogP contribution < -0.4 is 15.3 Å². The molecule has 0 aliphatic carbocycles. The largest absolute Gasteiger partial charge is 0.372 e. The zero-order valence-corrected chi connectivity index (χ0v) is 26.2. The molecular weight excluding hydrogens is 538 g/mol. The van der Waals surface area contributed by atoms with Gasteiger partial charge in [-0.3, -0.25) is 0 Å². The van der Waals surface area contributed by atoms with E-state index in [1.165, 1.54) is 12.0 Å². The summed E-state index contributed by atoms with van der Waals surface area (Å²) in [6.07, 6.45) is 8.93. The van der Waals surface area contributed by atoms with Crippen molar-refractivity contribution in [3.63, 3.8) is 0 Å². The Hall–Kier alpha value is -5.10. The molecule has 5 heteroatoms. The van der Waals surface area contributed by atoms with E-state index in [1.54, 1.807) is 12.1 Å². The van der Waals surface area contributed by atoms with Crippen LogP contribution in [0.15, 0.2) is 78.4 Å². The summed E-state index contributed by atoms with van der Waals surface area (Å²) in [4.78, 5) is 2.43. The first-order valence-corrected chi connectivity index (χ1v) is 15.7. The van der Waals surface area contributed by atoms with Crippen molar-refractivity contribution >= 4 is 22.4 Å². The Morgan fingerprint density at radius 1 is 0.568 bits per heavy atom. The lowest BCUT2D eigenvalue weighted by Gasteiger charge is -2.25. The minimum Gasteiger partial charge on any atom is -0.372 e. The molecular formula is C39H41N5. The Bertz CT molecular complexity index is 1650. The second kappa shape index (κ2) is 17.8. The summed E-state index contributed by atoms with van der Waals surface area (Å²) >= 11 is 0. The van der Waals surface area contributed by atoms with Crippen molar-refractivity contribution in [1.82, 2.24) is 0 Å². The highest BCUT2D eigenvalue weighted by atomic mass is 15.1. The van der Waals surface area contributed by atoms with Gasteiger partial charge in [0, 0.05) is 29.6 Å². The van der Waals surface area contributed by atoms with Crippen LogP contribution in [0.5, 0.6) is 0 Å². The van der Waals surface area contributed by atoms with Crippen molar-refractivity contribution in [3.8, 4) is 24.3 Å². The van der Waals surface area contributed by atoms with Crippen molar-refractivity contribution in [1.29, 1.82) is 21.0 Å². The molecule has 0 unspecified atom stereocenters. The summed E-state index contributed by atoms with van der Waals surface area (Å²) in [6.45, 7) is 8.58. The highest BCUT2D eigenvalue weighted by Crippen LogP contribution is 2.33. The molecule has 0 fully saturated rings. The van der Waals surface area contributed by atoms with Gasteiger partial charge < -0.3 is 4.90 Å². The maximum Gasteiger partial charge on any atom is 0.138 e. The van der Waals surface area contributed by atoms with Crippen LogP contribution in [0.2, 0.25) is 0 Å². The Morgan fingerprint density at radius 2 is 1.09 bits per heavy atom. The third kappa shape index (κ3) is 8.71. The standard InChI is InChI=1S/C39H41N5/c1-4-7-10-11-30-12-14-32(15-13-30)39(36(28-42)29-43)38(33-18-16-31(17-19-33)35(26-40)27-41)34-20-22-37(23-21-34)44(24-8-5-2)25-9-6-3/h12-23H,4-11,24-25H2,1-3H3. The first-order valence-electron chi connectivity index (χ1n) is 15.7. The second-order valence-electron chi connectivity index (χ2n) is 10.9. The van der Waals surface area contributed by atoms with E-state index in [0.717, 1.165) is 85.6 Å². The van der Waals surface area contributed by atoms with Crippen molar-refractivity contribution in [2.45, 2.75) is 72.1 Å². The normalized spacial score (nSPS) is 10.1. The van der Waals surface area contributed by atoms with Crippen LogP contribution in [0.1, 0.15) is 82.4 Å². The molecule has 0 aliphatic heterocycles. The molecule has 0 atom stereocenters. The molecule has 0 spiro atoms. The summed E-state index contributed by atoms with van der Waals surface area (Å²) in [5.74, 6) is 0. The molecule has 0 N–H and O–H groups in total. The average Bonchev–Trinajstić information content (AvgIpc) is 3.07. The van der Waals surface area contributed by atoms with E-state index in [0.29, 0.717) is 10.8 Å². The molecule has 0 aliphatic rings. The summed E-state index contributed by atoms with van der Waals surface area (Å²) in [7, 11) is 0. The molecule has 0 saturated carbocycles. The van der Waals surface area contributed by atoms with Crippen molar-refractivity contribution < 1.29 is 0 Å². The van der Waals surface area contributed by atoms with Crippen molar-refractivity contribution in [3.05, 3.63) is 105 Å². The number of allylic oxidation sites excluding steroid dienone is 2. The Balaban J connectivity index is 2.28. The van der Waals surface area contributed by atoms with Gasteiger partial charge in [0.25, 0.3) is 0 Å². The van der Waals surface area contributed by atoms with Crippen molar-refractivity contribution in [2.24, 2.45) is 0 Å². The van der Waals surface area contributed by atoms with Crippen LogP contribution in [0.25, 0.3) is 16.7 Å². The minimum absolute atomic E-state index is 0.0284. The lowest BCUT2D eigenvalue weighted by molar-refractivity contribution is 0.678. The number of rotatable bonds is 14. The number of hydrogen-bond acceptors (Lipinski definition) is 5. The maximum atomic E-state index is 10.1. The van der Waals surface area contributed by atoms with Gasteiger partial charge in [-0.15, -0.1) is 0 Å². The number of hydrogen-bond donors (Lipinski definition) is 0. The lowest BCUT2D eigenvalue weighted by Crippen LogP contribution is -2.25. The molecule has 0 heterocycles. The number of aryl methyl sites for hydroxylation is 1. The quantitative estimate of drug-likeness (QED) is 0.144. The minimum atomic E-state index is 0.0284. The van der Waals surface area contributed by atoms with Gasteiger partial charge >= 0.3 is 0 Å². The Labute approximate surface area is 262 Å². The predicted octanol–water partition coefficient (Wildman–Crippen LogP) is 7.72. The predicted molar refractivity (Wildman–Crippen MR) is 179 cm³/mol. The van der Waals surface area contributed by atoms with E-state index in [1.807, 2.05) is 36.4 Å². The molecule has 222 valence electrons. The average molecular weight is 580 g/mol. The van der Waals surface area contributed by atoms with Crippen LogP contribution in [0.3, 0.4) is 0 Å². The highest BCUT2D eigenvalue weighted by molar-refractivity contribution is 6.08. The number of nitriles is 4. The molecule has 0 saturated heterocycles. The smallest absolute Gasteiger partial charge is 0.138 e. The van der Waals surface area contributed by atoms with Gasteiger partial charge in [0.15, 0.2) is 0 Å². The Morgan fingerprint density at radius 3 is 1.59 bits per heavy atom. The van der Waals surface area contributed by atoms with Crippen molar-refractivity contribution in [2.75, 3.05) is 18.0 Å². The topological polar surface area (TPSA) is 98.4 Å². The molecule has 0 bridgehead atoms. The van der Waals surface area contributed by atoms with Gasteiger partial charge in [-0.05, 0) is 65.3 Å². The van der Waals surface area contributed by atoms with E-state index in [2.05, 4.69) is 74.2 Å². The maximum absolute atomic E-state index is 10.1. The van der Waals surface area contributed by atoms with Crippen LogP contribution >= 0.6 is 0 Å². The molecule has 0 aromatic heterocycles. The van der Waals surface area contributed by atoms with E-state index < -0.39 is 0 Å². The summed E-state index contributed by atoms with van der Waals surface area (Å²) < 4.78 is 0. The number of anilines is 1. The molecule has 5 nitrogen and oxygen atoms in total. The first kappa shape index (κ1) is 33.4. The monoisotopic (exact) mass is 579 g/mol. The van der Waals surface area contributed by atoms with Gasteiger partial charge in [0.05, 0.1) is 0 Å². The van der Waals surface area contributed by atoms with Gasteiger partial charge in [-0.25, -0.2) is 0 Å². The van der Waals surface area contributed by atoms with Gasteiger partial charge in [-0.2, -0.15) is 21.0 Å². The lowest BCUT2D eigenvalue weighted by atomic mass is 9.86. The van der Waals surface area contributed by atoms with E-state index >= 15 is 0 Å². The fraction of sp³-hybridized carbons (Fsp3) is 0.333. The van der Waals surface area contributed by atoms with E-state index in [9.17, 15) is 21.0 Å². The molecule has 0 amide bonds. The summed E-state index contributed by atoms with van der Waals surface area (Å²) in [5, 5.41) is 40.3. The SMILES string of the molecule is CCCCCc1ccc(C(=C(C#N)C#N)C(c2ccc(N(CCCC)CCCC)cc2)=c2ccc(=C(C#N)C#N)cc2)cc1. The fourth-order valence-electron chi connectivity index (χ4n) is 5.29. The number of benzene rings is 3. The van der Waals surface area contributed by atoms with Crippen LogP contribution in [-0.2, 0) is 6.42 Å². The number of nitrogens with zero attached hydrogens (tertiary/aromatic N) is 5. The molecule has 3 rings (SSSR count). The summed E-state index contributed by atoms with van der Waals surface area (Å²) in [6, 6.07) is 32.0. The van der Waals surface area contributed by atoms with Gasteiger partial charge in [0.2, 0.25) is 0 Å². The van der Waals surface area contributed by atoms with E-state index in [-0.39, 0.29) is 11.1 Å². The van der Waals surface area contributed by atoms with Gasteiger partial charge in [-0.1, -0.05) is 107 Å². The zero-order valence-electron chi connectivity index (χ0n) is 26.2. The van der Waals surface area contributed by atoms with Crippen LogP contribution in [0.4, 0.5) is 5.69 Å². The zero-order chi connectivity index (χ0) is 31.7. The molecule has 44 heavy (non-hydrogen) atoms. The molecule has 3 aromatic rings. The van der Waals surface area contributed by atoms with Crippen LogP contribution in [-0.4, -0.2) is 13.1 Å².